The van der Waals surface area contributed by atoms with Crippen LogP contribution in [0.1, 0.15) is 6.92 Å². The number of hydrogen-bond acceptors (Lipinski definition) is 8. The van der Waals surface area contributed by atoms with Crippen LogP contribution in [0.4, 0.5) is 17.3 Å². The van der Waals surface area contributed by atoms with Gasteiger partial charge < -0.3 is 30.2 Å². The second kappa shape index (κ2) is 9.20. The Morgan fingerprint density at radius 2 is 1.72 bits per heavy atom. The lowest BCUT2D eigenvalue weighted by Crippen LogP contribution is -2.28. The monoisotopic (exact) mass is 414 g/mol. The third-order valence-electron chi connectivity index (χ3n) is 3.92. The molecule has 0 bridgehead atoms. The Morgan fingerprint density at radius 3 is 2.34 bits per heavy atom. The number of rotatable bonds is 7. The minimum atomic E-state index is 0.504. The van der Waals surface area contributed by atoms with Gasteiger partial charge in [-0.3, -0.25) is 0 Å². The Bertz CT molecular complexity index is 1000. The van der Waals surface area contributed by atoms with Gasteiger partial charge >= 0.3 is 0 Å². The summed E-state index contributed by atoms with van der Waals surface area (Å²) in [4.78, 5) is 13.4. The highest BCUT2D eigenvalue weighted by molar-refractivity contribution is 7.80. The SMILES string of the molecule is CCNC(=S)Nc1ccc2nc(Nc3cc(OC)c(OC)c(OC)c3)cnc2n1. The van der Waals surface area contributed by atoms with Crippen LogP contribution < -0.4 is 30.2 Å². The third kappa shape index (κ3) is 4.72. The Balaban J connectivity index is 1.85. The first-order valence-corrected chi connectivity index (χ1v) is 9.24. The summed E-state index contributed by atoms with van der Waals surface area (Å²) in [5.74, 6) is 2.75. The van der Waals surface area contributed by atoms with E-state index in [-0.39, 0.29) is 0 Å². The van der Waals surface area contributed by atoms with Crippen molar-refractivity contribution in [3.05, 3.63) is 30.5 Å². The van der Waals surface area contributed by atoms with Crippen molar-refractivity contribution in [3.63, 3.8) is 0 Å². The molecule has 3 N–H and O–H groups in total. The average molecular weight is 414 g/mol. The fourth-order valence-corrected chi connectivity index (χ4v) is 2.91. The Morgan fingerprint density at radius 1 is 1.00 bits per heavy atom. The van der Waals surface area contributed by atoms with Crippen LogP contribution in [0, 0.1) is 0 Å². The Labute approximate surface area is 173 Å². The molecule has 0 fully saturated rings. The van der Waals surface area contributed by atoms with E-state index in [2.05, 4.69) is 30.9 Å². The number of nitrogens with zero attached hydrogens (tertiary/aromatic N) is 3. The molecular weight excluding hydrogens is 392 g/mol. The molecule has 29 heavy (non-hydrogen) atoms. The topological polar surface area (TPSA) is 102 Å². The van der Waals surface area contributed by atoms with Crippen molar-refractivity contribution in [2.24, 2.45) is 0 Å². The van der Waals surface area contributed by atoms with Crippen molar-refractivity contribution < 1.29 is 14.2 Å². The molecule has 0 unspecified atom stereocenters. The Hall–Kier alpha value is -3.40. The Kier molecular flexibility index (Phi) is 6.45. The molecule has 10 heteroatoms. The number of thiocarbonyl (C=S) groups is 1. The normalized spacial score (nSPS) is 10.3. The zero-order valence-electron chi connectivity index (χ0n) is 16.6. The second-order valence-corrected chi connectivity index (χ2v) is 6.23. The lowest BCUT2D eigenvalue weighted by atomic mass is 10.2. The van der Waals surface area contributed by atoms with E-state index >= 15 is 0 Å². The summed E-state index contributed by atoms with van der Waals surface area (Å²) < 4.78 is 16.1. The molecule has 0 saturated carbocycles. The zero-order chi connectivity index (χ0) is 20.8. The molecule has 0 atom stereocenters. The second-order valence-electron chi connectivity index (χ2n) is 5.82. The first kappa shape index (κ1) is 20.3. The van der Waals surface area contributed by atoms with E-state index in [1.807, 2.05) is 13.0 Å². The van der Waals surface area contributed by atoms with Crippen LogP contribution in [-0.2, 0) is 0 Å². The number of fused-ring (bicyclic) bond motifs is 1. The molecule has 0 radical (unpaired) electrons. The van der Waals surface area contributed by atoms with E-state index in [1.54, 1.807) is 45.7 Å². The summed E-state index contributed by atoms with van der Waals surface area (Å²) in [6.45, 7) is 2.70. The van der Waals surface area contributed by atoms with Crippen molar-refractivity contribution in [2.75, 3.05) is 38.5 Å². The van der Waals surface area contributed by atoms with Crippen LogP contribution >= 0.6 is 12.2 Å². The highest BCUT2D eigenvalue weighted by Gasteiger charge is 2.14. The van der Waals surface area contributed by atoms with Gasteiger partial charge in [0.2, 0.25) is 5.75 Å². The molecule has 3 rings (SSSR count). The molecule has 152 valence electrons. The van der Waals surface area contributed by atoms with Gasteiger partial charge in [0.15, 0.2) is 22.3 Å². The number of ether oxygens (including phenoxy) is 3. The minimum Gasteiger partial charge on any atom is -0.493 e. The number of pyridine rings is 1. The van der Waals surface area contributed by atoms with Crippen LogP contribution in [0.3, 0.4) is 0 Å². The van der Waals surface area contributed by atoms with Gasteiger partial charge in [0.1, 0.15) is 17.2 Å². The number of anilines is 3. The van der Waals surface area contributed by atoms with Crippen molar-refractivity contribution in [2.45, 2.75) is 6.92 Å². The number of hydrogen-bond donors (Lipinski definition) is 3. The minimum absolute atomic E-state index is 0.504. The molecule has 0 saturated heterocycles. The predicted octanol–water partition coefficient (Wildman–Crippen LogP) is 3.10. The van der Waals surface area contributed by atoms with Gasteiger partial charge in [0.25, 0.3) is 0 Å². The number of nitrogens with one attached hydrogen (secondary N) is 3. The summed E-state index contributed by atoms with van der Waals surface area (Å²) in [5.41, 5.74) is 1.86. The fraction of sp³-hybridized carbons (Fsp3) is 0.263. The predicted molar refractivity (Wildman–Crippen MR) is 117 cm³/mol. The summed E-state index contributed by atoms with van der Waals surface area (Å²) in [7, 11) is 4.69. The van der Waals surface area contributed by atoms with Gasteiger partial charge in [0, 0.05) is 24.4 Å². The van der Waals surface area contributed by atoms with Gasteiger partial charge in [-0.25, -0.2) is 15.0 Å². The third-order valence-corrected chi connectivity index (χ3v) is 4.17. The first-order chi connectivity index (χ1) is 14.1. The van der Waals surface area contributed by atoms with E-state index < -0.39 is 0 Å². The van der Waals surface area contributed by atoms with Crippen molar-refractivity contribution >= 4 is 45.8 Å². The maximum absolute atomic E-state index is 5.38. The molecule has 3 aromatic rings. The number of methoxy groups -OCH3 is 3. The summed E-state index contributed by atoms with van der Waals surface area (Å²) in [6, 6.07) is 7.21. The van der Waals surface area contributed by atoms with Crippen LogP contribution in [-0.4, -0.2) is 47.9 Å². The summed E-state index contributed by atoms with van der Waals surface area (Å²) in [6.07, 6.45) is 1.60. The lowest BCUT2D eigenvalue weighted by Gasteiger charge is -2.15. The molecular formula is C19H22N6O3S. The fourth-order valence-electron chi connectivity index (χ4n) is 2.66. The molecule has 0 aliphatic carbocycles. The molecule has 1 aromatic carbocycles. The molecule has 0 amide bonds. The van der Waals surface area contributed by atoms with E-state index in [9.17, 15) is 0 Å². The molecule has 9 nitrogen and oxygen atoms in total. The smallest absolute Gasteiger partial charge is 0.203 e. The van der Waals surface area contributed by atoms with Gasteiger partial charge in [-0.15, -0.1) is 0 Å². The highest BCUT2D eigenvalue weighted by atomic mass is 32.1. The van der Waals surface area contributed by atoms with Crippen LogP contribution in [0.5, 0.6) is 17.2 Å². The van der Waals surface area contributed by atoms with E-state index in [0.29, 0.717) is 45.2 Å². The maximum Gasteiger partial charge on any atom is 0.203 e. The van der Waals surface area contributed by atoms with Gasteiger partial charge in [-0.1, -0.05) is 0 Å². The quantitative estimate of drug-likeness (QED) is 0.500. The first-order valence-electron chi connectivity index (χ1n) is 8.83. The summed E-state index contributed by atoms with van der Waals surface area (Å²) in [5, 5.41) is 9.73. The molecule has 2 heterocycles. The molecule has 2 aromatic heterocycles. The van der Waals surface area contributed by atoms with Crippen molar-refractivity contribution in [1.82, 2.24) is 20.3 Å². The summed E-state index contributed by atoms with van der Waals surface area (Å²) >= 11 is 5.17. The number of aromatic nitrogens is 3. The highest BCUT2D eigenvalue weighted by Crippen LogP contribution is 2.40. The standard InChI is InChI=1S/C19H22N6O3S/c1-5-20-19(29)25-15-7-6-12-18(24-15)21-10-16(23-12)22-11-8-13(26-2)17(28-4)14(9-11)27-3/h6-10H,5H2,1-4H3,(H,22,23)(H2,20,21,24,25,29). The van der Waals surface area contributed by atoms with Crippen LogP contribution in [0.2, 0.25) is 0 Å². The van der Waals surface area contributed by atoms with Gasteiger partial charge in [-0.2, -0.15) is 0 Å². The van der Waals surface area contributed by atoms with Crippen molar-refractivity contribution in [3.8, 4) is 17.2 Å². The van der Waals surface area contributed by atoms with E-state index in [4.69, 9.17) is 26.4 Å². The molecule has 0 aliphatic heterocycles. The largest absolute Gasteiger partial charge is 0.493 e. The lowest BCUT2D eigenvalue weighted by molar-refractivity contribution is 0.324. The maximum atomic E-state index is 5.38. The van der Waals surface area contributed by atoms with E-state index in [0.717, 1.165) is 12.2 Å². The van der Waals surface area contributed by atoms with Crippen molar-refractivity contribution in [1.29, 1.82) is 0 Å². The van der Waals surface area contributed by atoms with Gasteiger partial charge in [0.05, 0.1) is 27.5 Å². The van der Waals surface area contributed by atoms with Crippen LogP contribution in [0.15, 0.2) is 30.5 Å². The van der Waals surface area contributed by atoms with Gasteiger partial charge in [-0.05, 0) is 31.3 Å². The van der Waals surface area contributed by atoms with Crippen LogP contribution in [0.25, 0.3) is 11.2 Å². The molecule has 0 spiro atoms. The molecule has 0 aliphatic rings. The zero-order valence-corrected chi connectivity index (χ0v) is 17.4. The average Bonchev–Trinajstić information content (AvgIpc) is 2.73. The van der Waals surface area contributed by atoms with E-state index in [1.165, 1.54) is 0 Å². The number of benzene rings is 1.